The summed E-state index contributed by atoms with van der Waals surface area (Å²) in [6, 6.07) is 6.25. The van der Waals surface area contributed by atoms with Crippen LogP contribution in [0.2, 0.25) is 0 Å². The van der Waals surface area contributed by atoms with Gasteiger partial charge in [0.05, 0.1) is 0 Å². The topological polar surface area (TPSA) is 9.23 Å². The first-order chi connectivity index (χ1) is 15.2. The van der Waals surface area contributed by atoms with Gasteiger partial charge in [-0.3, -0.25) is 0 Å². The molecule has 2 atom stereocenters. The highest BCUT2D eigenvalue weighted by Gasteiger charge is 2.35. The van der Waals surface area contributed by atoms with Crippen LogP contribution in [-0.4, -0.2) is 6.36 Å². The Morgan fingerprint density at radius 2 is 1.59 bits per heavy atom. The molecule has 2 aromatic carbocycles. The van der Waals surface area contributed by atoms with Crippen LogP contribution >= 0.6 is 0 Å². The molecule has 0 radical (unpaired) electrons. The third kappa shape index (κ3) is 5.00. The van der Waals surface area contributed by atoms with E-state index in [1.807, 2.05) is 0 Å². The van der Waals surface area contributed by atoms with Crippen molar-refractivity contribution >= 4 is 0 Å². The van der Waals surface area contributed by atoms with Gasteiger partial charge in [0.2, 0.25) is 5.75 Å². The zero-order valence-electron chi connectivity index (χ0n) is 18.1. The van der Waals surface area contributed by atoms with Gasteiger partial charge in [0.25, 0.3) is 0 Å². The van der Waals surface area contributed by atoms with Crippen molar-refractivity contribution in [3.05, 3.63) is 75.9 Å². The fourth-order valence-corrected chi connectivity index (χ4v) is 5.13. The van der Waals surface area contributed by atoms with Gasteiger partial charge in [-0.15, -0.1) is 13.2 Å². The predicted octanol–water partition coefficient (Wildman–Crippen LogP) is 7.60. The highest BCUT2D eigenvalue weighted by atomic mass is 19.4. The average molecular weight is 450 g/mol. The van der Waals surface area contributed by atoms with E-state index in [1.165, 1.54) is 22.3 Å². The van der Waals surface area contributed by atoms with Gasteiger partial charge in [0, 0.05) is 0 Å². The monoisotopic (exact) mass is 450 g/mol. The fourth-order valence-electron chi connectivity index (χ4n) is 5.13. The van der Waals surface area contributed by atoms with E-state index in [0.29, 0.717) is 24.3 Å². The molecule has 0 fully saturated rings. The van der Waals surface area contributed by atoms with E-state index in [-0.39, 0.29) is 5.92 Å². The number of hydrogen-bond acceptors (Lipinski definition) is 1. The van der Waals surface area contributed by atoms with Crippen molar-refractivity contribution in [1.82, 2.24) is 0 Å². The zero-order valence-corrected chi connectivity index (χ0v) is 18.1. The standard InChI is InChI=1S/C26H27F5O/c1-2-3-4-5-16-6-10-21-18(12-16)7-8-19-13-17(9-11-22(19)21)20-14-23(27)25(24(28)15-20)32-26(29,30)31/h4-5,7-8,14-17H,2-3,6,9-13H2,1H3. The molecule has 172 valence electrons. The van der Waals surface area contributed by atoms with Crippen LogP contribution in [0, 0.1) is 17.6 Å². The van der Waals surface area contributed by atoms with Crippen LogP contribution in [0.5, 0.6) is 5.75 Å². The lowest BCUT2D eigenvalue weighted by Crippen LogP contribution is -2.21. The summed E-state index contributed by atoms with van der Waals surface area (Å²) in [7, 11) is 0. The molecule has 0 saturated heterocycles. The minimum atomic E-state index is -5.14. The Labute approximate surface area is 185 Å². The molecule has 0 spiro atoms. The van der Waals surface area contributed by atoms with Crippen molar-refractivity contribution < 1.29 is 26.7 Å². The number of benzene rings is 2. The molecule has 2 aliphatic carbocycles. The van der Waals surface area contributed by atoms with Gasteiger partial charge < -0.3 is 4.74 Å². The van der Waals surface area contributed by atoms with Crippen LogP contribution in [-0.2, 0) is 25.7 Å². The smallest absolute Gasteiger partial charge is 0.399 e. The van der Waals surface area contributed by atoms with Crippen LogP contribution < -0.4 is 4.74 Å². The molecule has 0 heterocycles. The second kappa shape index (κ2) is 9.24. The Bertz CT molecular complexity index is 985. The normalized spacial score (nSPS) is 20.8. The largest absolute Gasteiger partial charge is 0.573 e. The molecule has 0 aliphatic heterocycles. The van der Waals surface area contributed by atoms with Crippen molar-refractivity contribution in [3.8, 4) is 5.75 Å². The molecule has 32 heavy (non-hydrogen) atoms. The van der Waals surface area contributed by atoms with Crippen molar-refractivity contribution in [1.29, 1.82) is 0 Å². The lowest BCUT2D eigenvalue weighted by atomic mass is 9.74. The maximum absolute atomic E-state index is 14.2. The van der Waals surface area contributed by atoms with Crippen LogP contribution in [0.4, 0.5) is 22.0 Å². The highest BCUT2D eigenvalue weighted by molar-refractivity contribution is 5.46. The first-order valence-corrected chi connectivity index (χ1v) is 11.3. The predicted molar refractivity (Wildman–Crippen MR) is 114 cm³/mol. The molecular formula is C26H27F5O. The lowest BCUT2D eigenvalue weighted by Gasteiger charge is -2.31. The fraction of sp³-hybridized carbons (Fsp3) is 0.462. The van der Waals surface area contributed by atoms with E-state index in [4.69, 9.17) is 0 Å². The SMILES string of the molecule is CCCC=CC1CCc2c(ccc3c2CCC(c2cc(F)c(OC(F)(F)F)c(F)c2)C3)C1. The molecule has 2 unspecified atom stereocenters. The number of unbranched alkanes of at least 4 members (excludes halogenated alkanes) is 1. The molecule has 0 saturated carbocycles. The zero-order chi connectivity index (χ0) is 22.9. The Kier molecular flexibility index (Phi) is 6.59. The first-order valence-electron chi connectivity index (χ1n) is 11.3. The van der Waals surface area contributed by atoms with Crippen LogP contribution in [0.3, 0.4) is 0 Å². The Morgan fingerprint density at radius 3 is 2.22 bits per heavy atom. The Hall–Kier alpha value is -2.37. The van der Waals surface area contributed by atoms with E-state index in [1.54, 1.807) is 0 Å². The molecule has 0 amide bonds. The third-order valence-corrected chi connectivity index (χ3v) is 6.65. The minimum absolute atomic E-state index is 0.141. The summed E-state index contributed by atoms with van der Waals surface area (Å²) in [5.41, 5.74) is 5.72. The van der Waals surface area contributed by atoms with E-state index in [9.17, 15) is 22.0 Å². The maximum atomic E-state index is 14.2. The summed E-state index contributed by atoms with van der Waals surface area (Å²) >= 11 is 0. The number of allylic oxidation sites excluding steroid dienone is 2. The summed E-state index contributed by atoms with van der Waals surface area (Å²) < 4.78 is 69.1. The van der Waals surface area contributed by atoms with Gasteiger partial charge in [0.1, 0.15) is 0 Å². The molecule has 0 N–H and O–H groups in total. The molecule has 2 aliphatic rings. The number of ether oxygens (including phenoxy) is 1. The van der Waals surface area contributed by atoms with Gasteiger partial charge in [-0.2, -0.15) is 0 Å². The van der Waals surface area contributed by atoms with E-state index >= 15 is 0 Å². The molecule has 0 aromatic heterocycles. The number of hydrogen-bond donors (Lipinski definition) is 0. The van der Waals surface area contributed by atoms with Crippen molar-refractivity contribution in [2.75, 3.05) is 0 Å². The van der Waals surface area contributed by atoms with Crippen molar-refractivity contribution in [2.45, 2.75) is 70.6 Å². The number of rotatable bonds is 5. The van der Waals surface area contributed by atoms with Crippen LogP contribution in [0.25, 0.3) is 0 Å². The van der Waals surface area contributed by atoms with Crippen LogP contribution in [0.1, 0.15) is 66.3 Å². The summed E-state index contributed by atoms with van der Waals surface area (Å²) in [4.78, 5) is 0. The summed E-state index contributed by atoms with van der Waals surface area (Å²) in [6.07, 6.45) is 7.10. The van der Waals surface area contributed by atoms with E-state index in [0.717, 1.165) is 50.7 Å². The van der Waals surface area contributed by atoms with Gasteiger partial charge in [0.15, 0.2) is 11.6 Å². The highest BCUT2D eigenvalue weighted by Crippen LogP contribution is 2.40. The molecular weight excluding hydrogens is 423 g/mol. The van der Waals surface area contributed by atoms with Crippen molar-refractivity contribution in [2.24, 2.45) is 5.92 Å². The first kappa shape index (κ1) is 22.8. The molecule has 2 aromatic rings. The second-order valence-electron chi connectivity index (χ2n) is 8.86. The summed E-state index contributed by atoms with van der Waals surface area (Å²) in [5, 5.41) is 0. The van der Waals surface area contributed by atoms with E-state index < -0.39 is 23.7 Å². The number of fused-ring (bicyclic) bond motifs is 3. The molecule has 4 rings (SSSR count). The Morgan fingerprint density at radius 1 is 0.969 bits per heavy atom. The van der Waals surface area contributed by atoms with Crippen molar-refractivity contribution in [3.63, 3.8) is 0 Å². The van der Waals surface area contributed by atoms with Gasteiger partial charge in [-0.05, 0) is 96.7 Å². The lowest BCUT2D eigenvalue weighted by molar-refractivity contribution is -0.276. The van der Waals surface area contributed by atoms with E-state index in [2.05, 4.69) is 35.9 Å². The van der Waals surface area contributed by atoms with Crippen LogP contribution in [0.15, 0.2) is 36.4 Å². The summed E-state index contributed by atoms with van der Waals surface area (Å²) in [5.74, 6) is -3.61. The second-order valence-corrected chi connectivity index (χ2v) is 8.86. The molecule has 1 nitrogen and oxygen atoms in total. The summed E-state index contributed by atoms with van der Waals surface area (Å²) in [6.45, 7) is 2.17. The minimum Gasteiger partial charge on any atom is -0.399 e. The number of halogens is 5. The van der Waals surface area contributed by atoms with Gasteiger partial charge in [-0.25, -0.2) is 8.78 Å². The van der Waals surface area contributed by atoms with Gasteiger partial charge >= 0.3 is 6.36 Å². The molecule has 6 heteroatoms. The average Bonchev–Trinajstić information content (AvgIpc) is 2.75. The number of alkyl halides is 3. The molecule has 0 bridgehead atoms. The maximum Gasteiger partial charge on any atom is 0.573 e. The quantitative estimate of drug-likeness (QED) is 0.337. The van der Waals surface area contributed by atoms with Gasteiger partial charge in [-0.1, -0.05) is 37.6 Å². The Balaban J connectivity index is 1.52. The third-order valence-electron chi connectivity index (χ3n) is 6.65.